The van der Waals surface area contributed by atoms with Gasteiger partial charge in [-0.3, -0.25) is 4.79 Å². The third kappa shape index (κ3) is 7.06. The average Bonchev–Trinajstić information content (AvgIpc) is 2.06. The molecule has 1 amide bonds. The van der Waals surface area contributed by atoms with Gasteiger partial charge in [0.1, 0.15) is 0 Å². The van der Waals surface area contributed by atoms with Gasteiger partial charge in [-0.15, -0.1) is 0 Å². The van der Waals surface area contributed by atoms with Gasteiger partial charge in [0.15, 0.2) is 0 Å². The number of primary amides is 1. The topological polar surface area (TPSA) is 43.1 Å². The zero-order chi connectivity index (χ0) is 10.3. The molecule has 13 heavy (non-hydrogen) atoms. The number of hydrogen-bond acceptors (Lipinski definition) is 1. The highest BCUT2D eigenvalue weighted by atomic mass is 16.1. The largest absolute Gasteiger partial charge is 0.369 e. The fraction of sp³-hybridized carbons (Fsp3) is 0.364. The summed E-state index contributed by atoms with van der Waals surface area (Å²) < 4.78 is 0. The van der Waals surface area contributed by atoms with Crippen molar-refractivity contribution < 1.29 is 4.79 Å². The van der Waals surface area contributed by atoms with Crippen LogP contribution in [0.5, 0.6) is 0 Å². The van der Waals surface area contributed by atoms with Gasteiger partial charge in [0.2, 0.25) is 5.91 Å². The highest BCUT2D eigenvalue weighted by Gasteiger charge is 1.96. The molecular weight excluding hydrogens is 162 g/mol. The summed E-state index contributed by atoms with van der Waals surface area (Å²) in [6.07, 6.45) is 0. The van der Waals surface area contributed by atoms with E-state index >= 15 is 0 Å². The van der Waals surface area contributed by atoms with Crippen LogP contribution in [0.15, 0.2) is 30.3 Å². The molecule has 2 heteroatoms. The number of rotatable bonds is 1. The summed E-state index contributed by atoms with van der Waals surface area (Å²) in [5.74, 6) is -0.250. The summed E-state index contributed by atoms with van der Waals surface area (Å²) in [6.45, 7) is 5.62. The van der Waals surface area contributed by atoms with E-state index in [1.165, 1.54) is 5.56 Å². The molecule has 0 aliphatic carbocycles. The summed E-state index contributed by atoms with van der Waals surface area (Å²) in [7, 11) is 0. The highest BCUT2D eigenvalue weighted by Crippen LogP contribution is 1.92. The Hall–Kier alpha value is -1.31. The minimum Gasteiger partial charge on any atom is -0.369 e. The second-order valence-corrected chi connectivity index (χ2v) is 3.21. The molecule has 0 unspecified atom stereocenters. The van der Waals surface area contributed by atoms with Crippen LogP contribution >= 0.6 is 0 Å². The number of aryl methyl sites for hydroxylation is 1. The molecule has 0 aliphatic heterocycles. The molecule has 0 radical (unpaired) electrons. The molecule has 2 N–H and O–H groups in total. The van der Waals surface area contributed by atoms with Gasteiger partial charge in [-0.25, -0.2) is 0 Å². The summed E-state index contributed by atoms with van der Waals surface area (Å²) in [4.78, 5) is 9.92. The quantitative estimate of drug-likeness (QED) is 0.705. The van der Waals surface area contributed by atoms with Crippen molar-refractivity contribution in [2.75, 3.05) is 0 Å². The minimum atomic E-state index is -0.241. The Bertz CT molecular complexity index is 242. The smallest absolute Gasteiger partial charge is 0.219 e. The molecule has 0 aromatic heterocycles. The predicted octanol–water partition coefficient (Wildman–Crippen LogP) is 2.12. The minimum absolute atomic E-state index is 0.00926. The molecule has 2 nitrogen and oxygen atoms in total. The number of amides is 1. The van der Waals surface area contributed by atoms with Crippen molar-refractivity contribution in [3.8, 4) is 0 Å². The predicted molar refractivity (Wildman–Crippen MR) is 55.2 cm³/mol. The first-order valence-electron chi connectivity index (χ1n) is 4.35. The maximum Gasteiger partial charge on any atom is 0.219 e. The molecule has 1 aromatic carbocycles. The van der Waals surface area contributed by atoms with Crippen LogP contribution in [0.1, 0.15) is 19.4 Å². The third-order valence-electron chi connectivity index (χ3n) is 1.51. The van der Waals surface area contributed by atoms with Crippen LogP contribution in [0.4, 0.5) is 0 Å². The Morgan fingerprint density at radius 3 is 1.77 bits per heavy atom. The zero-order valence-electron chi connectivity index (χ0n) is 8.45. The molecule has 0 aliphatic rings. The monoisotopic (exact) mass is 179 g/mol. The first-order chi connectivity index (χ1) is 6.04. The molecule has 0 fully saturated rings. The van der Waals surface area contributed by atoms with Gasteiger partial charge in [0, 0.05) is 5.92 Å². The summed E-state index contributed by atoms with van der Waals surface area (Å²) in [6, 6.07) is 10.3. The van der Waals surface area contributed by atoms with E-state index in [2.05, 4.69) is 19.1 Å². The molecule has 0 saturated heterocycles. The Morgan fingerprint density at radius 2 is 1.62 bits per heavy atom. The van der Waals surface area contributed by atoms with Crippen LogP contribution in [0.25, 0.3) is 0 Å². The SMILES string of the molecule is CC(C)C(N)=O.Cc1ccccc1. The Morgan fingerprint density at radius 1 is 1.23 bits per heavy atom. The van der Waals surface area contributed by atoms with E-state index in [1.54, 1.807) is 13.8 Å². The zero-order valence-corrected chi connectivity index (χ0v) is 8.45. The molecule has 72 valence electrons. The van der Waals surface area contributed by atoms with Crippen molar-refractivity contribution in [2.24, 2.45) is 11.7 Å². The van der Waals surface area contributed by atoms with E-state index in [0.29, 0.717) is 0 Å². The van der Waals surface area contributed by atoms with Gasteiger partial charge in [-0.1, -0.05) is 49.7 Å². The van der Waals surface area contributed by atoms with E-state index in [4.69, 9.17) is 5.73 Å². The summed E-state index contributed by atoms with van der Waals surface area (Å²) in [5, 5.41) is 0. The van der Waals surface area contributed by atoms with Crippen molar-refractivity contribution in [3.63, 3.8) is 0 Å². The Balaban J connectivity index is 0.000000226. The number of carbonyl (C=O) groups excluding carboxylic acids is 1. The van der Waals surface area contributed by atoms with E-state index in [9.17, 15) is 4.79 Å². The van der Waals surface area contributed by atoms with Gasteiger partial charge in [-0.05, 0) is 6.92 Å². The molecule has 0 bridgehead atoms. The van der Waals surface area contributed by atoms with Crippen molar-refractivity contribution >= 4 is 5.91 Å². The molecule has 0 heterocycles. The van der Waals surface area contributed by atoms with E-state index in [0.717, 1.165) is 0 Å². The molecular formula is C11H17NO. The second-order valence-electron chi connectivity index (χ2n) is 3.21. The maximum atomic E-state index is 9.92. The summed E-state index contributed by atoms with van der Waals surface area (Å²) >= 11 is 0. The molecule has 0 saturated carbocycles. The normalized spacial score (nSPS) is 8.92. The van der Waals surface area contributed by atoms with Crippen LogP contribution in [-0.4, -0.2) is 5.91 Å². The number of nitrogens with two attached hydrogens (primary N) is 1. The fourth-order valence-corrected chi connectivity index (χ4v) is 0.534. The van der Waals surface area contributed by atoms with Crippen LogP contribution in [0.2, 0.25) is 0 Å². The van der Waals surface area contributed by atoms with Gasteiger partial charge in [-0.2, -0.15) is 0 Å². The van der Waals surface area contributed by atoms with Crippen LogP contribution in [0.3, 0.4) is 0 Å². The first kappa shape index (κ1) is 11.7. The summed E-state index contributed by atoms with van der Waals surface area (Å²) in [5.41, 5.74) is 6.12. The van der Waals surface area contributed by atoms with E-state index in [-0.39, 0.29) is 11.8 Å². The van der Waals surface area contributed by atoms with E-state index < -0.39 is 0 Å². The van der Waals surface area contributed by atoms with Gasteiger partial charge >= 0.3 is 0 Å². The van der Waals surface area contributed by atoms with Crippen LogP contribution in [0, 0.1) is 12.8 Å². The lowest BCUT2D eigenvalue weighted by Crippen LogP contribution is -2.17. The molecule has 1 rings (SSSR count). The molecule has 1 aromatic rings. The van der Waals surface area contributed by atoms with Gasteiger partial charge < -0.3 is 5.73 Å². The Labute approximate surface area is 79.8 Å². The lowest BCUT2D eigenvalue weighted by atomic mass is 10.2. The lowest BCUT2D eigenvalue weighted by molar-refractivity contribution is -0.120. The third-order valence-corrected chi connectivity index (χ3v) is 1.51. The van der Waals surface area contributed by atoms with Crippen molar-refractivity contribution in [1.82, 2.24) is 0 Å². The van der Waals surface area contributed by atoms with Crippen molar-refractivity contribution in [3.05, 3.63) is 35.9 Å². The lowest BCUT2D eigenvalue weighted by Gasteiger charge is -1.90. The molecule has 0 atom stereocenters. The van der Waals surface area contributed by atoms with Crippen molar-refractivity contribution in [1.29, 1.82) is 0 Å². The van der Waals surface area contributed by atoms with Crippen molar-refractivity contribution in [2.45, 2.75) is 20.8 Å². The standard InChI is InChI=1S/C7H8.C4H9NO/c1-7-5-3-2-4-6-7;1-3(2)4(5)6/h2-6H,1H3;3H,1-2H3,(H2,5,6). The fourth-order valence-electron chi connectivity index (χ4n) is 0.534. The van der Waals surface area contributed by atoms with Crippen LogP contribution in [-0.2, 0) is 4.79 Å². The first-order valence-corrected chi connectivity index (χ1v) is 4.35. The average molecular weight is 179 g/mol. The highest BCUT2D eigenvalue weighted by molar-refractivity contribution is 5.75. The molecule has 0 spiro atoms. The van der Waals surface area contributed by atoms with E-state index in [1.807, 2.05) is 18.2 Å². The second kappa shape index (κ2) is 6.23. The number of benzene rings is 1. The van der Waals surface area contributed by atoms with Crippen LogP contribution < -0.4 is 5.73 Å². The maximum absolute atomic E-state index is 9.92. The number of hydrogen-bond donors (Lipinski definition) is 1. The Kier molecular flexibility index (Phi) is 5.60. The van der Waals surface area contributed by atoms with Gasteiger partial charge in [0.25, 0.3) is 0 Å². The van der Waals surface area contributed by atoms with Gasteiger partial charge in [0.05, 0.1) is 0 Å². The number of carbonyl (C=O) groups is 1.